The molecule has 1 saturated carbocycles. The van der Waals surface area contributed by atoms with Gasteiger partial charge < -0.3 is 9.51 Å². The summed E-state index contributed by atoms with van der Waals surface area (Å²) in [5.41, 5.74) is -0.185. The Balaban J connectivity index is 1.31. The van der Waals surface area contributed by atoms with Crippen LogP contribution < -0.4 is 11.2 Å². The van der Waals surface area contributed by atoms with E-state index >= 15 is 0 Å². The van der Waals surface area contributed by atoms with Crippen molar-refractivity contribution in [2.24, 2.45) is 5.92 Å². The second-order valence-electron chi connectivity index (χ2n) is 8.49. The van der Waals surface area contributed by atoms with E-state index in [0.717, 1.165) is 25.3 Å². The van der Waals surface area contributed by atoms with Crippen molar-refractivity contribution in [2.45, 2.75) is 51.6 Å². The number of aromatic nitrogens is 6. The quantitative estimate of drug-likeness (QED) is 0.379. The number of aryl methyl sites for hydroxylation is 1. The van der Waals surface area contributed by atoms with Gasteiger partial charge in [0.25, 0.3) is 5.56 Å². The molecule has 0 spiro atoms. The molecule has 4 aromatic rings. The van der Waals surface area contributed by atoms with Gasteiger partial charge in [-0.2, -0.15) is 9.97 Å². The van der Waals surface area contributed by atoms with Crippen LogP contribution in [-0.4, -0.2) is 29.2 Å². The molecule has 12 heteroatoms. The number of imidazole rings is 1. The van der Waals surface area contributed by atoms with Crippen LogP contribution in [-0.2, 0) is 25.9 Å². The summed E-state index contributed by atoms with van der Waals surface area (Å²) in [7, 11) is 0. The Bertz CT molecular complexity index is 1470. The second-order valence-corrected chi connectivity index (χ2v) is 8.85. The normalized spacial score (nSPS) is 14.1. The van der Waals surface area contributed by atoms with E-state index in [1.54, 1.807) is 0 Å². The summed E-state index contributed by atoms with van der Waals surface area (Å²) < 4.78 is 34.8. The third-order valence-corrected chi connectivity index (χ3v) is 6.32. The molecule has 0 saturated heterocycles. The lowest BCUT2D eigenvalue weighted by Crippen LogP contribution is -2.41. The maximum Gasteiger partial charge on any atom is 0.332 e. The number of hydrogen-bond donors (Lipinski definition) is 1. The minimum Gasteiger partial charge on any atom is -0.339 e. The van der Waals surface area contributed by atoms with E-state index < -0.39 is 22.9 Å². The first kappa shape index (κ1) is 22.5. The fourth-order valence-corrected chi connectivity index (χ4v) is 4.30. The van der Waals surface area contributed by atoms with Crippen LogP contribution in [0.3, 0.4) is 0 Å². The number of nitrogens with zero attached hydrogens (tertiary/aromatic N) is 5. The van der Waals surface area contributed by atoms with Crippen molar-refractivity contribution in [3.05, 3.63) is 73.2 Å². The van der Waals surface area contributed by atoms with Gasteiger partial charge in [0.15, 0.2) is 17.0 Å². The van der Waals surface area contributed by atoms with Crippen molar-refractivity contribution >= 4 is 22.8 Å². The molecule has 1 aliphatic carbocycles. The summed E-state index contributed by atoms with van der Waals surface area (Å²) in [6, 6.07) is 3.30. The van der Waals surface area contributed by atoms with Crippen LogP contribution in [0, 0.1) is 17.6 Å². The third-order valence-electron chi connectivity index (χ3n) is 6.14. The standard InChI is InChI=1S/C22H21ClF2N6O3/c23-21-27-18-19(28-21)31(11-12-3-1-4-12)22(33)30(20(18)32)8-2-5-17-26-16(29-34-17)9-13-6-7-14(24)10-15(13)25/h6-7,10,12H,1-5,8-9,11H2,(H,27,28). The highest BCUT2D eigenvalue weighted by Gasteiger charge is 2.23. The Morgan fingerprint density at radius 1 is 1.18 bits per heavy atom. The number of hydrogen-bond acceptors (Lipinski definition) is 6. The van der Waals surface area contributed by atoms with Gasteiger partial charge in [-0.25, -0.2) is 13.6 Å². The summed E-state index contributed by atoms with van der Waals surface area (Å²) >= 11 is 5.98. The minimum atomic E-state index is -0.682. The van der Waals surface area contributed by atoms with Gasteiger partial charge in [-0.15, -0.1) is 0 Å². The molecular formula is C22H21ClF2N6O3. The van der Waals surface area contributed by atoms with E-state index in [0.29, 0.717) is 31.2 Å². The van der Waals surface area contributed by atoms with Crippen LogP contribution in [0.2, 0.25) is 5.28 Å². The van der Waals surface area contributed by atoms with E-state index in [2.05, 4.69) is 20.1 Å². The van der Waals surface area contributed by atoms with Crippen molar-refractivity contribution in [2.75, 3.05) is 0 Å². The molecule has 0 bridgehead atoms. The average molecular weight is 491 g/mol. The predicted molar refractivity (Wildman–Crippen MR) is 119 cm³/mol. The molecule has 0 atom stereocenters. The number of H-pyrrole nitrogens is 1. The van der Waals surface area contributed by atoms with Crippen molar-refractivity contribution in [3.8, 4) is 0 Å². The zero-order valence-electron chi connectivity index (χ0n) is 18.1. The molecule has 9 nitrogen and oxygen atoms in total. The number of halogens is 3. The molecular weight excluding hydrogens is 470 g/mol. The summed E-state index contributed by atoms with van der Waals surface area (Å²) in [6.07, 6.45) is 3.95. The molecule has 1 aromatic carbocycles. The lowest BCUT2D eigenvalue weighted by Gasteiger charge is -2.26. The first-order valence-electron chi connectivity index (χ1n) is 11.0. The van der Waals surface area contributed by atoms with Crippen molar-refractivity contribution in [3.63, 3.8) is 0 Å². The summed E-state index contributed by atoms with van der Waals surface area (Å²) in [5, 5.41) is 3.89. The maximum atomic E-state index is 13.9. The summed E-state index contributed by atoms with van der Waals surface area (Å²) in [5.74, 6) is -0.406. The van der Waals surface area contributed by atoms with Crippen LogP contribution in [0.1, 0.15) is 43.0 Å². The highest BCUT2D eigenvalue weighted by molar-refractivity contribution is 6.28. The molecule has 178 valence electrons. The molecule has 0 unspecified atom stereocenters. The van der Waals surface area contributed by atoms with Crippen LogP contribution in [0.4, 0.5) is 8.78 Å². The van der Waals surface area contributed by atoms with Crippen LogP contribution in [0.5, 0.6) is 0 Å². The number of fused-ring (bicyclic) bond motifs is 1. The molecule has 3 aromatic heterocycles. The summed E-state index contributed by atoms with van der Waals surface area (Å²) in [4.78, 5) is 37.1. The Morgan fingerprint density at radius 2 is 2.00 bits per heavy atom. The lowest BCUT2D eigenvalue weighted by molar-refractivity contribution is 0.273. The lowest BCUT2D eigenvalue weighted by atomic mass is 9.85. The van der Waals surface area contributed by atoms with Gasteiger partial charge in [-0.05, 0) is 48.4 Å². The first-order chi connectivity index (χ1) is 16.4. The number of aromatic amines is 1. The number of nitrogens with one attached hydrogen (secondary N) is 1. The largest absolute Gasteiger partial charge is 0.339 e. The van der Waals surface area contributed by atoms with E-state index in [-0.39, 0.29) is 40.8 Å². The first-order valence-corrected chi connectivity index (χ1v) is 11.4. The fraction of sp³-hybridized carbons (Fsp3) is 0.409. The van der Waals surface area contributed by atoms with Crippen LogP contribution in [0.15, 0.2) is 32.3 Å². The van der Waals surface area contributed by atoms with E-state index in [1.165, 1.54) is 21.3 Å². The highest BCUT2D eigenvalue weighted by Crippen LogP contribution is 2.28. The number of rotatable bonds is 8. The Kier molecular flexibility index (Phi) is 6.03. The average Bonchev–Trinajstić information content (AvgIpc) is 3.37. The Morgan fingerprint density at radius 3 is 2.74 bits per heavy atom. The van der Waals surface area contributed by atoms with Gasteiger partial charge in [0.2, 0.25) is 11.2 Å². The van der Waals surface area contributed by atoms with Crippen molar-refractivity contribution in [1.29, 1.82) is 0 Å². The molecule has 5 rings (SSSR count). The molecule has 1 N–H and O–H groups in total. The molecule has 1 fully saturated rings. The topological polar surface area (TPSA) is 112 Å². The second kappa shape index (κ2) is 9.13. The Hall–Kier alpha value is -3.34. The SMILES string of the molecule is O=c1c2[nH]c(Cl)nc2n(CC2CCC2)c(=O)n1CCCc1nc(Cc2ccc(F)cc2F)no1. The molecule has 3 heterocycles. The van der Waals surface area contributed by atoms with Gasteiger partial charge in [0.1, 0.15) is 11.6 Å². The number of benzene rings is 1. The molecule has 0 aliphatic heterocycles. The highest BCUT2D eigenvalue weighted by atomic mass is 35.5. The van der Waals surface area contributed by atoms with Gasteiger partial charge in [0.05, 0.1) is 0 Å². The van der Waals surface area contributed by atoms with Crippen LogP contribution in [0.25, 0.3) is 11.2 Å². The monoisotopic (exact) mass is 490 g/mol. The van der Waals surface area contributed by atoms with Gasteiger partial charge in [-0.1, -0.05) is 17.6 Å². The van der Waals surface area contributed by atoms with Crippen LogP contribution >= 0.6 is 11.6 Å². The zero-order chi connectivity index (χ0) is 23.8. The van der Waals surface area contributed by atoms with Gasteiger partial charge in [-0.3, -0.25) is 13.9 Å². The third kappa shape index (κ3) is 4.39. The molecule has 0 radical (unpaired) electrons. The summed E-state index contributed by atoms with van der Waals surface area (Å²) in [6.45, 7) is 0.628. The fourth-order valence-electron chi connectivity index (χ4n) is 4.12. The molecule has 34 heavy (non-hydrogen) atoms. The van der Waals surface area contributed by atoms with E-state index in [1.807, 2.05) is 0 Å². The van der Waals surface area contributed by atoms with E-state index in [9.17, 15) is 18.4 Å². The predicted octanol–water partition coefficient (Wildman–Crippen LogP) is 3.22. The molecule has 0 amide bonds. The maximum absolute atomic E-state index is 13.9. The molecule has 1 aliphatic rings. The van der Waals surface area contributed by atoms with E-state index in [4.69, 9.17) is 16.1 Å². The van der Waals surface area contributed by atoms with Crippen molar-refractivity contribution < 1.29 is 13.3 Å². The van der Waals surface area contributed by atoms with Crippen molar-refractivity contribution in [1.82, 2.24) is 29.2 Å². The minimum absolute atomic E-state index is 0.0538. The van der Waals surface area contributed by atoms with Gasteiger partial charge in [0, 0.05) is 32.0 Å². The Labute approximate surface area is 196 Å². The van der Waals surface area contributed by atoms with Gasteiger partial charge >= 0.3 is 5.69 Å². The zero-order valence-corrected chi connectivity index (χ0v) is 18.8. The smallest absolute Gasteiger partial charge is 0.332 e.